The van der Waals surface area contributed by atoms with E-state index < -0.39 is 12.1 Å². The van der Waals surface area contributed by atoms with Crippen molar-refractivity contribution in [3.63, 3.8) is 0 Å². The van der Waals surface area contributed by atoms with E-state index in [0.29, 0.717) is 0 Å². The summed E-state index contributed by atoms with van der Waals surface area (Å²) < 4.78 is 31.7. The summed E-state index contributed by atoms with van der Waals surface area (Å²) in [7, 11) is 0. The molecular weight excluding hydrogens is 257 g/mol. The molecule has 1 fully saturated rings. The van der Waals surface area contributed by atoms with Crippen molar-refractivity contribution < 1.29 is 23.1 Å². The summed E-state index contributed by atoms with van der Waals surface area (Å²) in [6, 6.07) is 0. The van der Waals surface area contributed by atoms with E-state index in [1.807, 2.05) is 11.6 Å². The zero-order valence-corrected chi connectivity index (χ0v) is 9.31. The van der Waals surface area contributed by atoms with Gasteiger partial charge in [0.2, 0.25) is 0 Å². The molecule has 2 rings (SSSR count). The van der Waals surface area contributed by atoms with Crippen LogP contribution in [0.3, 0.4) is 0 Å². The summed E-state index contributed by atoms with van der Waals surface area (Å²) in [5.74, 6) is -2.76. The first-order chi connectivity index (χ1) is 7.89. The molecule has 4 nitrogen and oxygen atoms in total. The van der Waals surface area contributed by atoms with Crippen molar-refractivity contribution in [1.82, 2.24) is 10.3 Å². The second-order valence-corrected chi connectivity index (χ2v) is 4.01. The Labute approximate surface area is 98.8 Å². The Morgan fingerprint density at radius 2 is 2.12 bits per heavy atom. The van der Waals surface area contributed by atoms with E-state index in [9.17, 15) is 13.2 Å². The average molecular weight is 266 g/mol. The number of aliphatic carboxylic acids is 1. The molecule has 0 atom stereocenters. The standard InChI is InChI=1S/C7H8N2S.C2HF3O2/c1-2-10-7(9-1)3-6-4-8-5-6;3-2(4,5)1(6)7/h1-3,8H,4-5H2;(H,6,7). The maximum absolute atomic E-state index is 10.6. The minimum Gasteiger partial charge on any atom is -0.475 e. The highest BCUT2D eigenvalue weighted by atomic mass is 32.1. The number of nitrogens with one attached hydrogen (secondary N) is 1. The first-order valence-corrected chi connectivity index (χ1v) is 5.37. The Morgan fingerprint density at radius 3 is 2.41 bits per heavy atom. The topological polar surface area (TPSA) is 62.2 Å². The number of thiazole rings is 1. The molecule has 0 bridgehead atoms. The second kappa shape index (κ2) is 5.78. The number of carboxylic acid groups (broad SMARTS) is 1. The van der Waals surface area contributed by atoms with Gasteiger partial charge in [0.05, 0.1) is 0 Å². The van der Waals surface area contributed by atoms with Gasteiger partial charge in [-0.3, -0.25) is 0 Å². The third-order valence-electron chi connectivity index (χ3n) is 1.73. The van der Waals surface area contributed by atoms with E-state index >= 15 is 0 Å². The number of nitrogens with zero attached hydrogens (tertiary/aromatic N) is 1. The normalized spacial score (nSPS) is 14.4. The molecule has 1 aliphatic rings. The first-order valence-electron chi connectivity index (χ1n) is 4.49. The van der Waals surface area contributed by atoms with Crippen molar-refractivity contribution in [3.8, 4) is 0 Å². The largest absolute Gasteiger partial charge is 0.490 e. The molecule has 1 aromatic heterocycles. The summed E-state index contributed by atoms with van der Waals surface area (Å²) >= 11 is 1.69. The molecule has 0 aliphatic carbocycles. The molecule has 17 heavy (non-hydrogen) atoms. The molecule has 1 aromatic rings. The molecule has 8 heteroatoms. The highest BCUT2D eigenvalue weighted by molar-refractivity contribution is 7.10. The van der Waals surface area contributed by atoms with Crippen molar-refractivity contribution in [3.05, 3.63) is 22.2 Å². The molecule has 0 unspecified atom stereocenters. The van der Waals surface area contributed by atoms with Gasteiger partial charge in [-0.25, -0.2) is 9.78 Å². The molecule has 2 N–H and O–H groups in total. The minimum atomic E-state index is -5.08. The second-order valence-electron chi connectivity index (χ2n) is 3.08. The Balaban J connectivity index is 0.000000185. The van der Waals surface area contributed by atoms with Gasteiger partial charge in [0.1, 0.15) is 5.01 Å². The summed E-state index contributed by atoms with van der Waals surface area (Å²) in [6.07, 6.45) is -1.09. The number of halogens is 3. The Kier molecular flexibility index (Phi) is 4.64. The lowest BCUT2D eigenvalue weighted by Gasteiger charge is -2.17. The first kappa shape index (κ1) is 13.7. The van der Waals surface area contributed by atoms with Crippen molar-refractivity contribution in [2.75, 3.05) is 13.1 Å². The number of aromatic nitrogens is 1. The van der Waals surface area contributed by atoms with Crippen LogP contribution in [0.5, 0.6) is 0 Å². The number of hydrogen-bond acceptors (Lipinski definition) is 4. The van der Waals surface area contributed by atoms with E-state index in [0.717, 1.165) is 18.1 Å². The predicted molar refractivity (Wildman–Crippen MR) is 56.7 cm³/mol. The van der Waals surface area contributed by atoms with Crippen LogP contribution < -0.4 is 5.32 Å². The molecule has 0 radical (unpaired) electrons. The van der Waals surface area contributed by atoms with Gasteiger partial charge in [0.25, 0.3) is 0 Å². The lowest BCUT2D eigenvalue weighted by molar-refractivity contribution is -0.192. The SMILES string of the molecule is C(=C1CNC1)c1nccs1.O=C(O)C(F)(F)F. The Hall–Kier alpha value is -1.41. The molecule has 94 valence electrons. The van der Waals surface area contributed by atoms with Gasteiger partial charge < -0.3 is 10.4 Å². The highest BCUT2D eigenvalue weighted by Crippen LogP contribution is 2.13. The minimum absolute atomic E-state index is 1.04. The molecule has 0 aromatic carbocycles. The van der Waals surface area contributed by atoms with Gasteiger partial charge in [-0.05, 0) is 11.6 Å². The van der Waals surface area contributed by atoms with Crippen molar-refractivity contribution in [1.29, 1.82) is 0 Å². The average Bonchev–Trinajstić information content (AvgIpc) is 2.63. The molecular formula is C9H9F3N2O2S. The van der Waals surface area contributed by atoms with E-state index in [2.05, 4.69) is 16.4 Å². The lowest BCUT2D eigenvalue weighted by Crippen LogP contribution is -2.33. The van der Waals surface area contributed by atoms with Gasteiger partial charge in [-0.2, -0.15) is 13.2 Å². The van der Waals surface area contributed by atoms with Gasteiger partial charge in [0, 0.05) is 24.7 Å². The van der Waals surface area contributed by atoms with Crippen LogP contribution in [0.25, 0.3) is 6.08 Å². The van der Waals surface area contributed by atoms with Crippen molar-refractivity contribution in [2.45, 2.75) is 6.18 Å². The molecule has 2 heterocycles. The van der Waals surface area contributed by atoms with Crippen LogP contribution in [-0.2, 0) is 4.79 Å². The fourth-order valence-electron chi connectivity index (χ4n) is 0.852. The number of rotatable bonds is 1. The van der Waals surface area contributed by atoms with Crippen LogP contribution in [0, 0.1) is 0 Å². The number of alkyl halides is 3. The molecule has 0 spiro atoms. The summed E-state index contributed by atoms with van der Waals surface area (Å²) in [5, 5.41) is 13.4. The number of carbonyl (C=O) groups is 1. The van der Waals surface area contributed by atoms with Gasteiger partial charge >= 0.3 is 12.1 Å². The van der Waals surface area contributed by atoms with Gasteiger partial charge in [0.15, 0.2) is 0 Å². The monoisotopic (exact) mass is 266 g/mol. The maximum atomic E-state index is 10.6. The summed E-state index contributed by atoms with van der Waals surface area (Å²) in [4.78, 5) is 13.0. The molecule has 0 saturated carbocycles. The van der Waals surface area contributed by atoms with Crippen LogP contribution in [0.4, 0.5) is 13.2 Å². The van der Waals surface area contributed by atoms with E-state index in [1.54, 1.807) is 11.3 Å². The smallest absolute Gasteiger partial charge is 0.475 e. The van der Waals surface area contributed by atoms with E-state index in [-0.39, 0.29) is 0 Å². The van der Waals surface area contributed by atoms with E-state index in [4.69, 9.17) is 9.90 Å². The molecule has 1 saturated heterocycles. The Morgan fingerprint density at radius 1 is 1.53 bits per heavy atom. The zero-order valence-electron chi connectivity index (χ0n) is 8.49. The fraction of sp³-hybridized carbons (Fsp3) is 0.333. The number of carboxylic acids is 1. The van der Waals surface area contributed by atoms with Crippen LogP contribution in [-0.4, -0.2) is 35.3 Å². The maximum Gasteiger partial charge on any atom is 0.490 e. The van der Waals surface area contributed by atoms with Crippen LogP contribution in [0.15, 0.2) is 17.2 Å². The lowest BCUT2D eigenvalue weighted by atomic mass is 10.1. The predicted octanol–water partition coefficient (Wildman–Crippen LogP) is 1.76. The Bertz CT molecular complexity index is 395. The fourth-order valence-corrected chi connectivity index (χ4v) is 1.47. The van der Waals surface area contributed by atoms with Crippen LogP contribution in [0.2, 0.25) is 0 Å². The summed E-state index contributed by atoms with van der Waals surface area (Å²) in [5.41, 5.74) is 1.45. The van der Waals surface area contributed by atoms with Crippen LogP contribution >= 0.6 is 11.3 Å². The zero-order chi connectivity index (χ0) is 12.9. The van der Waals surface area contributed by atoms with E-state index in [1.165, 1.54) is 5.57 Å². The third kappa shape index (κ3) is 4.96. The molecule has 0 amide bonds. The van der Waals surface area contributed by atoms with Crippen molar-refractivity contribution >= 4 is 23.4 Å². The van der Waals surface area contributed by atoms with Crippen LogP contribution in [0.1, 0.15) is 5.01 Å². The highest BCUT2D eigenvalue weighted by Gasteiger charge is 2.38. The quantitative estimate of drug-likeness (QED) is 0.813. The third-order valence-corrected chi connectivity index (χ3v) is 2.45. The van der Waals surface area contributed by atoms with Crippen molar-refractivity contribution in [2.24, 2.45) is 0 Å². The van der Waals surface area contributed by atoms with Gasteiger partial charge in [-0.15, -0.1) is 11.3 Å². The summed E-state index contributed by atoms with van der Waals surface area (Å²) in [6.45, 7) is 2.08. The molecule has 1 aliphatic heterocycles. The van der Waals surface area contributed by atoms with Gasteiger partial charge in [-0.1, -0.05) is 0 Å². The number of hydrogen-bond donors (Lipinski definition) is 2.